The Morgan fingerprint density at radius 3 is 2.29 bits per heavy atom. The maximum Gasteiger partial charge on any atom is 0.261 e. The van der Waals surface area contributed by atoms with Gasteiger partial charge in [0.25, 0.3) is 15.9 Å². The van der Waals surface area contributed by atoms with E-state index in [9.17, 15) is 13.2 Å². The van der Waals surface area contributed by atoms with Gasteiger partial charge in [0.15, 0.2) is 0 Å². The highest BCUT2D eigenvalue weighted by atomic mass is 35.5. The third-order valence-electron chi connectivity index (χ3n) is 4.18. The quantitative estimate of drug-likeness (QED) is 0.616. The predicted octanol–water partition coefficient (Wildman–Crippen LogP) is 5.01. The molecule has 0 aromatic heterocycles. The van der Waals surface area contributed by atoms with Crippen molar-refractivity contribution in [3.63, 3.8) is 0 Å². The summed E-state index contributed by atoms with van der Waals surface area (Å²) in [7, 11) is -3.74. The zero-order valence-electron chi connectivity index (χ0n) is 15.4. The van der Waals surface area contributed by atoms with Crippen molar-refractivity contribution < 1.29 is 13.2 Å². The normalized spacial score (nSPS) is 11.1. The van der Waals surface area contributed by atoms with Crippen molar-refractivity contribution in [3.8, 4) is 0 Å². The van der Waals surface area contributed by atoms with Gasteiger partial charge in [0.05, 0.1) is 21.2 Å². The Balaban J connectivity index is 1.77. The first kappa shape index (κ1) is 19.9. The molecule has 0 aliphatic rings. The van der Waals surface area contributed by atoms with Crippen molar-refractivity contribution in [3.05, 3.63) is 88.4 Å². The van der Waals surface area contributed by atoms with E-state index in [1.54, 1.807) is 30.3 Å². The van der Waals surface area contributed by atoms with Gasteiger partial charge in [0, 0.05) is 5.69 Å². The number of sulfonamides is 1. The molecule has 0 spiro atoms. The molecule has 144 valence electrons. The molecule has 3 aromatic rings. The highest BCUT2D eigenvalue weighted by Crippen LogP contribution is 2.23. The average molecular weight is 415 g/mol. The van der Waals surface area contributed by atoms with Crippen LogP contribution in [0.5, 0.6) is 0 Å². The molecule has 0 aliphatic carbocycles. The number of aryl methyl sites for hydroxylation is 2. The van der Waals surface area contributed by atoms with Gasteiger partial charge in [0.2, 0.25) is 0 Å². The van der Waals surface area contributed by atoms with Crippen LogP contribution in [-0.2, 0) is 10.0 Å². The summed E-state index contributed by atoms with van der Waals surface area (Å²) in [6.45, 7) is 3.73. The second-order valence-corrected chi connectivity index (χ2v) is 8.47. The molecule has 3 rings (SSSR count). The van der Waals surface area contributed by atoms with E-state index < -0.39 is 10.0 Å². The lowest BCUT2D eigenvalue weighted by Gasteiger charge is -2.12. The first-order chi connectivity index (χ1) is 13.3. The molecule has 0 saturated heterocycles. The van der Waals surface area contributed by atoms with Crippen molar-refractivity contribution in [1.82, 2.24) is 0 Å². The maximum absolute atomic E-state index is 12.6. The van der Waals surface area contributed by atoms with Crippen LogP contribution in [0.3, 0.4) is 0 Å². The van der Waals surface area contributed by atoms with Crippen molar-refractivity contribution in [2.45, 2.75) is 18.7 Å². The summed E-state index contributed by atoms with van der Waals surface area (Å²) in [6, 6.07) is 18.2. The Labute approximate surface area is 169 Å². The van der Waals surface area contributed by atoms with Gasteiger partial charge in [-0.1, -0.05) is 35.9 Å². The van der Waals surface area contributed by atoms with Crippen LogP contribution in [0, 0.1) is 13.8 Å². The largest absolute Gasteiger partial charge is 0.322 e. The van der Waals surface area contributed by atoms with Gasteiger partial charge in [-0.15, -0.1) is 0 Å². The molecule has 0 saturated carbocycles. The van der Waals surface area contributed by atoms with E-state index in [0.717, 1.165) is 11.1 Å². The Morgan fingerprint density at radius 1 is 0.929 bits per heavy atom. The maximum atomic E-state index is 12.6. The van der Waals surface area contributed by atoms with Crippen LogP contribution in [0.1, 0.15) is 21.5 Å². The molecule has 0 radical (unpaired) electrons. The molecule has 28 heavy (non-hydrogen) atoms. The van der Waals surface area contributed by atoms with Crippen LogP contribution in [0.15, 0.2) is 71.6 Å². The van der Waals surface area contributed by atoms with E-state index in [2.05, 4.69) is 10.0 Å². The Kier molecular flexibility index (Phi) is 5.72. The summed E-state index contributed by atoms with van der Waals surface area (Å²) in [5.41, 5.74) is 3.14. The number of halogens is 1. The summed E-state index contributed by atoms with van der Waals surface area (Å²) < 4.78 is 27.9. The monoisotopic (exact) mass is 414 g/mol. The number of carbonyl (C=O) groups is 1. The molecule has 7 heteroatoms. The SMILES string of the molecule is Cc1ccc(C)c(NS(=O)(=O)c2ccc(NC(=O)c3ccccc3Cl)cc2)c1. The number of hydrogen-bond donors (Lipinski definition) is 2. The van der Waals surface area contributed by atoms with Gasteiger partial charge in [-0.2, -0.15) is 0 Å². The summed E-state index contributed by atoms with van der Waals surface area (Å²) >= 11 is 6.02. The van der Waals surface area contributed by atoms with Crippen molar-refractivity contribution in [1.29, 1.82) is 0 Å². The zero-order valence-corrected chi connectivity index (χ0v) is 16.9. The summed E-state index contributed by atoms with van der Waals surface area (Å²) in [4.78, 5) is 12.4. The number of nitrogens with one attached hydrogen (secondary N) is 2. The second-order valence-electron chi connectivity index (χ2n) is 6.38. The minimum absolute atomic E-state index is 0.101. The van der Waals surface area contributed by atoms with E-state index >= 15 is 0 Å². The summed E-state index contributed by atoms with van der Waals surface area (Å²) in [5.74, 6) is -0.366. The molecule has 0 unspecified atom stereocenters. The fraction of sp³-hybridized carbons (Fsp3) is 0.0952. The van der Waals surface area contributed by atoms with Crippen LogP contribution in [0.2, 0.25) is 5.02 Å². The van der Waals surface area contributed by atoms with Gasteiger partial charge < -0.3 is 5.32 Å². The molecule has 5 nitrogen and oxygen atoms in total. The molecule has 0 heterocycles. The number of carbonyl (C=O) groups excluding carboxylic acids is 1. The highest BCUT2D eigenvalue weighted by molar-refractivity contribution is 7.92. The Hall–Kier alpha value is -2.83. The molecular formula is C21H19ClN2O3S. The van der Waals surface area contributed by atoms with Gasteiger partial charge in [-0.05, 0) is 67.4 Å². The number of anilines is 2. The highest BCUT2D eigenvalue weighted by Gasteiger charge is 2.16. The smallest absolute Gasteiger partial charge is 0.261 e. The molecule has 0 aliphatic heterocycles. The van der Waals surface area contributed by atoms with Crippen molar-refractivity contribution in [2.75, 3.05) is 10.0 Å². The lowest BCUT2D eigenvalue weighted by molar-refractivity contribution is 0.102. The number of benzene rings is 3. The third-order valence-corrected chi connectivity index (χ3v) is 5.89. The van der Waals surface area contributed by atoms with Crippen LogP contribution < -0.4 is 10.0 Å². The Morgan fingerprint density at radius 2 is 1.61 bits per heavy atom. The number of amides is 1. The average Bonchev–Trinajstić information content (AvgIpc) is 2.65. The topological polar surface area (TPSA) is 75.3 Å². The molecule has 3 aromatic carbocycles. The van der Waals surface area contributed by atoms with Gasteiger partial charge in [-0.3, -0.25) is 9.52 Å². The summed E-state index contributed by atoms with van der Waals surface area (Å²) in [5, 5.41) is 3.05. The van der Waals surface area contributed by atoms with Gasteiger partial charge in [0.1, 0.15) is 0 Å². The number of rotatable bonds is 5. The molecule has 0 bridgehead atoms. The van der Waals surface area contributed by atoms with E-state index in [4.69, 9.17) is 11.6 Å². The Bertz CT molecular complexity index is 1130. The van der Waals surface area contributed by atoms with Crippen LogP contribution in [0.25, 0.3) is 0 Å². The van der Waals surface area contributed by atoms with Crippen LogP contribution in [-0.4, -0.2) is 14.3 Å². The van der Waals surface area contributed by atoms with E-state index in [1.807, 2.05) is 26.0 Å². The molecule has 0 atom stereocenters. The first-order valence-electron chi connectivity index (χ1n) is 8.52. The van der Waals surface area contributed by atoms with Gasteiger partial charge >= 0.3 is 0 Å². The predicted molar refractivity (Wildman–Crippen MR) is 113 cm³/mol. The molecule has 0 fully saturated rings. The zero-order chi connectivity index (χ0) is 20.3. The molecule has 1 amide bonds. The standard InChI is InChI=1S/C21H19ClN2O3S/c1-14-7-8-15(2)20(13-14)24-28(26,27)17-11-9-16(10-12-17)23-21(25)18-5-3-4-6-19(18)22/h3-13,24H,1-2H3,(H,23,25). The minimum atomic E-state index is -3.74. The molecular weight excluding hydrogens is 396 g/mol. The van der Waals surface area contributed by atoms with Crippen LogP contribution in [0.4, 0.5) is 11.4 Å². The van der Waals surface area contributed by atoms with Crippen molar-refractivity contribution >= 4 is 38.9 Å². The second kappa shape index (κ2) is 8.04. The number of hydrogen-bond acceptors (Lipinski definition) is 3. The van der Waals surface area contributed by atoms with Crippen LogP contribution >= 0.6 is 11.6 Å². The van der Waals surface area contributed by atoms with Gasteiger partial charge in [-0.25, -0.2) is 8.42 Å². The summed E-state index contributed by atoms with van der Waals surface area (Å²) in [6.07, 6.45) is 0. The fourth-order valence-corrected chi connectivity index (χ4v) is 3.95. The minimum Gasteiger partial charge on any atom is -0.322 e. The van der Waals surface area contributed by atoms with Crippen molar-refractivity contribution in [2.24, 2.45) is 0 Å². The lowest BCUT2D eigenvalue weighted by atomic mass is 10.1. The van der Waals surface area contributed by atoms with E-state index in [0.29, 0.717) is 22.0 Å². The third kappa shape index (κ3) is 4.52. The fourth-order valence-electron chi connectivity index (χ4n) is 2.61. The first-order valence-corrected chi connectivity index (χ1v) is 10.4. The van der Waals surface area contributed by atoms with E-state index in [1.165, 1.54) is 24.3 Å². The molecule has 2 N–H and O–H groups in total. The van der Waals surface area contributed by atoms with E-state index in [-0.39, 0.29) is 10.8 Å². The lowest BCUT2D eigenvalue weighted by Crippen LogP contribution is -2.15.